The molecule has 1 aliphatic rings. The smallest absolute Gasteiger partial charge is 0.340 e. The zero-order valence-corrected chi connectivity index (χ0v) is 14.3. The molecule has 1 aliphatic carbocycles. The van der Waals surface area contributed by atoms with Gasteiger partial charge in [-0.1, -0.05) is 12.1 Å². The Labute approximate surface area is 138 Å². The minimum atomic E-state index is -0.409. The molecule has 0 aliphatic heterocycles. The first-order valence-corrected chi connectivity index (χ1v) is 8.32. The summed E-state index contributed by atoms with van der Waals surface area (Å²) in [5.41, 5.74) is 0.913. The first-order valence-electron chi connectivity index (χ1n) is 8.32. The highest BCUT2D eigenvalue weighted by Gasteiger charge is 2.33. The summed E-state index contributed by atoms with van der Waals surface area (Å²) in [4.78, 5) is 24.4. The van der Waals surface area contributed by atoms with E-state index in [-0.39, 0.29) is 5.91 Å². The number of hydrogen-bond donors (Lipinski definition) is 1. The molecule has 1 aromatic carbocycles. The highest BCUT2D eigenvalue weighted by Crippen LogP contribution is 2.26. The number of benzene rings is 1. The predicted molar refractivity (Wildman–Crippen MR) is 90.3 cm³/mol. The molecular weight excluding hydrogens is 292 g/mol. The van der Waals surface area contributed by atoms with Crippen molar-refractivity contribution in [1.29, 1.82) is 0 Å². The molecular formula is C18H27N2O3+. The van der Waals surface area contributed by atoms with Crippen molar-refractivity contribution < 1.29 is 18.8 Å². The molecule has 0 heterocycles. The molecule has 23 heavy (non-hydrogen) atoms. The Morgan fingerprint density at radius 3 is 2.52 bits per heavy atom. The van der Waals surface area contributed by atoms with E-state index < -0.39 is 5.97 Å². The van der Waals surface area contributed by atoms with Crippen molar-refractivity contribution in [2.75, 3.05) is 32.6 Å². The molecule has 0 aromatic heterocycles. The van der Waals surface area contributed by atoms with Crippen LogP contribution < -0.4 is 5.32 Å². The van der Waals surface area contributed by atoms with Crippen LogP contribution in [0.15, 0.2) is 24.3 Å². The number of para-hydroxylation sites is 1. The lowest BCUT2D eigenvalue weighted by molar-refractivity contribution is -0.906. The SMILES string of the molecule is CCOC(=O)c1ccccc1NC(=O)C[N+](C)(C)C1CCCC1. The van der Waals surface area contributed by atoms with E-state index in [1.165, 1.54) is 25.7 Å². The summed E-state index contributed by atoms with van der Waals surface area (Å²) >= 11 is 0. The molecule has 126 valence electrons. The highest BCUT2D eigenvalue weighted by molar-refractivity contribution is 6.01. The van der Waals surface area contributed by atoms with Gasteiger partial charge in [0.25, 0.3) is 5.91 Å². The van der Waals surface area contributed by atoms with Crippen LogP contribution in [0.4, 0.5) is 5.69 Å². The molecule has 0 bridgehead atoms. The van der Waals surface area contributed by atoms with Gasteiger partial charge in [-0.2, -0.15) is 0 Å². The number of ether oxygens (including phenoxy) is 1. The number of carbonyl (C=O) groups is 2. The van der Waals surface area contributed by atoms with Gasteiger partial charge in [-0.05, 0) is 44.7 Å². The van der Waals surface area contributed by atoms with E-state index in [0.717, 1.165) is 0 Å². The fourth-order valence-electron chi connectivity index (χ4n) is 3.27. The van der Waals surface area contributed by atoms with E-state index in [2.05, 4.69) is 19.4 Å². The molecule has 1 fully saturated rings. The third-order valence-electron chi connectivity index (χ3n) is 4.56. The van der Waals surface area contributed by atoms with E-state index >= 15 is 0 Å². The lowest BCUT2D eigenvalue weighted by Gasteiger charge is -2.35. The van der Waals surface area contributed by atoms with Crippen LogP contribution in [0.1, 0.15) is 43.0 Å². The van der Waals surface area contributed by atoms with Gasteiger partial charge in [0.05, 0.1) is 38.0 Å². The summed E-state index contributed by atoms with van der Waals surface area (Å²) in [5, 5.41) is 2.87. The average molecular weight is 319 g/mol. The number of hydrogen-bond acceptors (Lipinski definition) is 3. The van der Waals surface area contributed by atoms with Gasteiger partial charge >= 0.3 is 5.97 Å². The van der Waals surface area contributed by atoms with Crippen LogP contribution >= 0.6 is 0 Å². The standard InChI is InChI=1S/C18H26N2O3/c1-4-23-18(22)15-11-7-8-12-16(15)19-17(21)13-20(2,3)14-9-5-6-10-14/h7-8,11-12,14H,4-6,9-10,13H2,1-3H3/p+1. The summed E-state index contributed by atoms with van der Waals surface area (Å²) in [5.74, 6) is -0.480. The van der Waals surface area contributed by atoms with Gasteiger partial charge in [-0.25, -0.2) is 4.79 Å². The van der Waals surface area contributed by atoms with Crippen molar-refractivity contribution >= 4 is 17.6 Å². The molecule has 0 atom stereocenters. The quantitative estimate of drug-likeness (QED) is 0.648. The van der Waals surface area contributed by atoms with Crippen LogP contribution in [-0.2, 0) is 9.53 Å². The fourth-order valence-corrected chi connectivity index (χ4v) is 3.27. The topological polar surface area (TPSA) is 55.4 Å². The van der Waals surface area contributed by atoms with Gasteiger partial charge in [-0.3, -0.25) is 4.79 Å². The minimum Gasteiger partial charge on any atom is -0.462 e. The van der Waals surface area contributed by atoms with E-state index in [1.807, 2.05) is 0 Å². The van der Waals surface area contributed by atoms with E-state index in [4.69, 9.17) is 4.74 Å². The number of quaternary nitrogens is 1. The number of amides is 1. The number of likely N-dealkylation sites (N-methyl/N-ethyl adjacent to an activating group) is 1. The Hall–Kier alpha value is -1.88. The molecule has 1 amide bonds. The molecule has 5 heteroatoms. The molecule has 2 rings (SSSR count). The number of anilines is 1. The fraction of sp³-hybridized carbons (Fsp3) is 0.556. The molecule has 0 saturated heterocycles. The van der Waals surface area contributed by atoms with Crippen molar-refractivity contribution in [3.05, 3.63) is 29.8 Å². The van der Waals surface area contributed by atoms with Crippen LogP contribution in [0.3, 0.4) is 0 Å². The third-order valence-corrected chi connectivity index (χ3v) is 4.56. The van der Waals surface area contributed by atoms with Crippen LogP contribution in [0.2, 0.25) is 0 Å². The van der Waals surface area contributed by atoms with Gasteiger partial charge in [0.2, 0.25) is 0 Å². The first-order chi connectivity index (χ1) is 10.9. The van der Waals surface area contributed by atoms with Crippen molar-refractivity contribution in [3.63, 3.8) is 0 Å². The van der Waals surface area contributed by atoms with Gasteiger partial charge < -0.3 is 14.5 Å². The molecule has 0 spiro atoms. The highest BCUT2D eigenvalue weighted by atomic mass is 16.5. The van der Waals surface area contributed by atoms with Crippen LogP contribution in [-0.4, -0.2) is 49.6 Å². The van der Waals surface area contributed by atoms with Gasteiger partial charge in [0, 0.05) is 0 Å². The van der Waals surface area contributed by atoms with Crippen LogP contribution in [0, 0.1) is 0 Å². The Bertz CT molecular complexity index is 563. The summed E-state index contributed by atoms with van der Waals surface area (Å²) < 4.78 is 5.73. The minimum absolute atomic E-state index is 0.0707. The Morgan fingerprint density at radius 2 is 1.87 bits per heavy atom. The van der Waals surface area contributed by atoms with Gasteiger partial charge in [0.15, 0.2) is 6.54 Å². The normalized spacial score (nSPS) is 15.4. The number of esters is 1. The predicted octanol–water partition coefficient (Wildman–Crippen LogP) is 2.82. The second-order valence-electron chi connectivity index (χ2n) is 6.69. The Balaban J connectivity index is 2.04. The number of nitrogens with zero attached hydrogens (tertiary/aromatic N) is 1. The number of nitrogens with one attached hydrogen (secondary N) is 1. The maximum absolute atomic E-state index is 12.4. The van der Waals surface area contributed by atoms with Crippen LogP contribution in [0.5, 0.6) is 0 Å². The lowest BCUT2D eigenvalue weighted by Crippen LogP contribution is -2.51. The summed E-state index contributed by atoms with van der Waals surface area (Å²) in [7, 11) is 4.21. The van der Waals surface area contributed by atoms with Crippen molar-refractivity contribution in [2.24, 2.45) is 0 Å². The zero-order chi connectivity index (χ0) is 16.9. The Morgan fingerprint density at radius 1 is 1.22 bits per heavy atom. The second-order valence-corrected chi connectivity index (χ2v) is 6.69. The molecule has 1 saturated carbocycles. The molecule has 1 aromatic rings. The van der Waals surface area contributed by atoms with Crippen LogP contribution in [0.25, 0.3) is 0 Å². The molecule has 1 N–H and O–H groups in total. The Kier molecular flexibility index (Phi) is 5.77. The zero-order valence-electron chi connectivity index (χ0n) is 14.3. The van der Waals surface area contributed by atoms with Gasteiger partial charge in [0.1, 0.15) is 0 Å². The largest absolute Gasteiger partial charge is 0.462 e. The summed E-state index contributed by atoms with van der Waals surface area (Å²) in [6.45, 7) is 2.48. The van der Waals surface area contributed by atoms with E-state index in [0.29, 0.717) is 34.9 Å². The number of carbonyl (C=O) groups excluding carboxylic acids is 2. The molecule has 5 nitrogen and oxygen atoms in total. The van der Waals surface area contributed by atoms with Crippen molar-refractivity contribution in [3.8, 4) is 0 Å². The monoisotopic (exact) mass is 319 g/mol. The van der Waals surface area contributed by atoms with Crippen molar-refractivity contribution in [2.45, 2.75) is 38.6 Å². The molecule has 0 unspecified atom stereocenters. The first kappa shape index (κ1) is 17.5. The van der Waals surface area contributed by atoms with Gasteiger partial charge in [-0.15, -0.1) is 0 Å². The van der Waals surface area contributed by atoms with E-state index in [9.17, 15) is 9.59 Å². The van der Waals surface area contributed by atoms with Crippen molar-refractivity contribution in [1.82, 2.24) is 0 Å². The number of rotatable bonds is 6. The van der Waals surface area contributed by atoms with E-state index in [1.54, 1.807) is 31.2 Å². The average Bonchev–Trinajstić information content (AvgIpc) is 3.02. The summed E-state index contributed by atoms with van der Waals surface area (Å²) in [6.07, 6.45) is 4.86. The maximum Gasteiger partial charge on any atom is 0.340 e. The maximum atomic E-state index is 12.4. The summed E-state index contributed by atoms with van der Waals surface area (Å²) in [6, 6.07) is 7.51. The second kappa shape index (κ2) is 7.59. The third kappa shape index (κ3) is 4.55. The lowest BCUT2D eigenvalue weighted by atomic mass is 10.1. The molecule has 0 radical (unpaired) electrons.